The monoisotopic (exact) mass is 338 g/mol. The molecular weight excluding hydrogens is 337 g/mol. The van der Waals surface area contributed by atoms with Crippen LogP contribution in [-0.4, -0.2) is 12.0 Å². The Morgan fingerprint density at radius 2 is 1.56 bits per heavy atom. The maximum absolute atomic E-state index is 13.3. The maximum Gasteiger partial charge on any atom is 0.454 e. The number of rotatable bonds is 1. The molecule has 0 aliphatic heterocycles. The smallest absolute Gasteiger partial charge is 0.284 e. The van der Waals surface area contributed by atoms with Gasteiger partial charge in [-0.2, -0.15) is 26.3 Å². The Kier molecular flexibility index (Phi) is 3.75. The molecule has 1 rings (SSSR count). The summed E-state index contributed by atoms with van der Waals surface area (Å²) >= 11 is 2.36. The highest BCUT2D eigenvalue weighted by Crippen LogP contribution is 2.38. The highest BCUT2D eigenvalue weighted by Gasteiger charge is 2.44. The van der Waals surface area contributed by atoms with Gasteiger partial charge in [0.2, 0.25) is 0 Å². The standard InChI is InChI=1S/C9H2BrF7O/c10-4-2-1-3(7(18)9(15,16)17)6(11)5(4)8(12,13)14/h1-2H. The van der Waals surface area contributed by atoms with Crippen molar-refractivity contribution < 1.29 is 35.5 Å². The lowest BCUT2D eigenvalue weighted by Gasteiger charge is -2.13. The molecule has 0 N–H and O–H groups in total. The summed E-state index contributed by atoms with van der Waals surface area (Å²) in [5.74, 6) is -4.92. The van der Waals surface area contributed by atoms with E-state index >= 15 is 0 Å². The topological polar surface area (TPSA) is 17.1 Å². The summed E-state index contributed by atoms with van der Waals surface area (Å²) < 4.78 is 85.8. The van der Waals surface area contributed by atoms with Crippen molar-refractivity contribution in [3.8, 4) is 0 Å². The van der Waals surface area contributed by atoms with Crippen LogP contribution in [0.1, 0.15) is 15.9 Å². The van der Waals surface area contributed by atoms with Crippen LogP contribution in [0.25, 0.3) is 0 Å². The number of halogens is 8. The minimum Gasteiger partial charge on any atom is -0.284 e. The van der Waals surface area contributed by atoms with Crippen molar-refractivity contribution >= 4 is 21.7 Å². The maximum atomic E-state index is 13.3. The van der Waals surface area contributed by atoms with Gasteiger partial charge in [-0.05, 0) is 12.1 Å². The lowest BCUT2D eigenvalue weighted by atomic mass is 10.1. The molecule has 0 saturated heterocycles. The number of alkyl halides is 6. The van der Waals surface area contributed by atoms with Gasteiger partial charge in [0.15, 0.2) is 0 Å². The van der Waals surface area contributed by atoms with Crippen LogP contribution in [0.3, 0.4) is 0 Å². The third-order valence-corrected chi connectivity index (χ3v) is 2.54. The molecule has 1 aromatic rings. The molecule has 0 heterocycles. The van der Waals surface area contributed by atoms with E-state index in [1.54, 1.807) is 0 Å². The Balaban J connectivity index is 3.49. The van der Waals surface area contributed by atoms with E-state index in [2.05, 4.69) is 15.9 Å². The quantitative estimate of drug-likeness (QED) is 0.549. The van der Waals surface area contributed by atoms with Crippen LogP contribution in [0.5, 0.6) is 0 Å². The van der Waals surface area contributed by atoms with Gasteiger partial charge >= 0.3 is 12.4 Å². The molecule has 0 aromatic heterocycles. The molecule has 0 amide bonds. The summed E-state index contributed by atoms with van der Waals surface area (Å²) in [6.45, 7) is 0. The van der Waals surface area contributed by atoms with Crippen LogP contribution in [0.4, 0.5) is 30.7 Å². The van der Waals surface area contributed by atoms with Gasteiger partial charge in [0.25, 0.3) is 5.78 Å². The minimum atomic E-state index is -5.45. The second-order valence-corrected chi connectivity index (χ2v) is 3.96. The van der Waals surface area contributed by atoms with E-state index in [-0.39, 0.29) is 0 Å². The molecule has 100 valence electrons. The zero-order valence-electron chi connectivity index (χ0n) is 8.09. The Hall–Kier alpha value is -1.12. The number of hydrogen-bond donors (Lipinski definition) is 0. The van der Waals surface area contributed by atoms with E-state index in [0.29, 0.717) is 12.1 Å². The number of carbonyl (C=O) groups is 1. The van der Waals surface area contributed by atoms with Crippen LogP contribution < -0.4 is 0 Å². The highest BCUT2D eigenvalue weighted by molar-refractivity contribution is 9.10. The number of hydrogen-bond acceptors (Lipinski definition) is 1. The van der Waals surface area contributed by atoms with Gasteiger partial charge in [-0.15, -0.1) is 0 Å². The molecule has 18 heavy (non-hydrogen) atoms. The van der Waals surface area contributed by atoms with Crippen LogP contribution >= 0.6 is 15.9 Å². The molecule has 0 aliphatic rings. The molecule has 0 fully saturated rings. The average Bonchev–Trinajstić information content (AvgIpc) is 2.13. The molecule has 0 spiro atoms. The summed E-state index contributed by atoms with van der Waals surface area (Å²) in [6, 6.07) is 0.870. The predicted molar refractivity (Wildman–Crippen MR) is 49.5 cm³/mol. The van der Waals surface area contributed by atoms with E-state index < -0.39 is 39.6 Å². The third kappa shape index (κ3) is 2.82. The van der Waals surface area contributed by atoms with E-state index in [4.69, 9.17) is 0 Å². The lowest BCUT2D eigenvalue weighted by molar-refractivity contribution is -0.140. The van der Waals surface area contributed by atoms with Crippen LogP contribution in [0.2, 0.25) is 0 Å². The van der Waals surface area contributed by atoms with Crippen molar-refractivity contribution in [2.75, 3.05) is 0 Å². The summed E-state index contributed by atoms with van der Waals surface area (Å²) in [4.78, 5) is 10.7. The Morgan fingerprint density at radius 1 is 1.06 bits per heavy atom. The fourth-order valence-electron chi connectivity index (χ4n) is 1.14. The van der Waals surface area contributed by atoms with Crippen molar-refractivity contribution in [3.63, 3.8) is 0 Å². The SMILES string of the molecule is O=C(c1ccc(Br)c(C(F)(F)F)c1F)C(F)(F)F. The number of carbonyl (C=O) groups excluding carboxylic acids is 1. The largest absolute Gasteiger partial charge is 0.454 e. The molecule has 0 radical (unpaired) electrons. The number of Topliss-reactive ketones (excluding diaryl/α,β-unsaturated/α-hetero) is 1. The summed E-state index contributed by atoms with van der Waals surface area (Å²) in [7, 11) is 0. The second kappa shape index (κ2) is 4.52. The zero-order chi connectivity index (χ0) is 14.3. The molecule has 0 atom stereocenters. The molecule has 1 aromatic carbocycles. The summed E-state index contributed by atoms with van der Waals surface area (Å²) in [5, 5.41) is 0. The first kappa shape index (κ1) is 14.9. The Morgan fingerprint density at radius 3 is 1.94 bits per heavy atom. The van der Waals surface area contributed by atoms with Crippen molar-refractivity contribution in [3.05, 3.63) is 33.5 Å². The molecule has 9 heteroatoms. The fraction of sp³-hybridized carbons (Fsp3) is 0.222. The van der Waals surface area contributed by atoms with Gasteiger partial charge in [0.05, 0.1) is 5.56 Å². The number of benzene rings is 1. The normalized spacial score (nSPS) is 12.7. The molecule has 0 unspecified atom stereocenters. The first-order valence-corrected chi connectivity index (χ1v) is 4.92. The molecule has 0 aliphatic carbocycles. The van der Waals surface area contributed by atoms with E-state index in [1.807, 2.05) is 0 Å². The number of ketones is 1. The zero-order valence-corrected chi connectivity index (χ0v) is 9.67. The Labute approximate surface area is 104 Å². The first-order valence-electron chi connectivity index (χ1n) is 4.13. The van der Waals surface area contributed by atoms with Crippen molar-refractivity contribution in [2.45, 2.75) is 12.4 Å². The molecule has 1 nitrogen and oxygen atoms in total. The van der Waals surface area contributed by atoms with Crippen LogP contribution in [-0.2, 0) is 6.18 Å². The predicted octanol–water partition coefficient (Wildman–Crippen LogP) is 4.35. The van der Waals surface area contributed by atoms with Gasteiger partial charge in [-0.1, -0.05) is 15.9 Å². The fourth-order valence-corrected chi connectivity index (χ4v) is 1.67. The minimum absolute atomic E-state index is 0.338. The van der Waals surface area contributed by atoms with Crippen molar-refractivity contribution in [1.29, 1.82) is 0 Å². The van der Waals surface area contributed by atoms with Crippen molar-refractivity contribution in [1.82, 2.24) is 0 Å². The van der Waals surface area contributed by atoms with E-state index in [1.165, 1.54) is 0 Å². The molecular formula is C9H2BrF7O. The average molecular weight is 339 g/mol. The van der Waals surface area contributed by atoms with E-state index in [0.717, 1.165) is 0 Å². The Bertz CT molecular complexity index is 489. The lowest BCUT2D eigenvalue weighted by Crippen LogP contribution is -2.25. The van der Waals surface area contributed by atoms with E-state index in [9.17, 15) is 35.5 Å². The van der Waals surface area contributed by atoms with Gasteiger partial charge in [-0.25, -0.2) is 4.39 Å². The summed E-state index contributed by atoms with van der Waals surface area (Å²) in [5.41, 5.74) is -3.62. The molecule has 0 saturated carbocycles. The second-order valence-electron chi connectivity index (χ2n) is 3.11. The third-order valence-electron chi connectivity index (χ3n) is 1.88. The highest BCUT2D eigenvalue weighted by atomic mass is 79.9. The van der Waals surface area contributed by atoms with Gasteiger partial charge in [-0.3, -0.25) is 4.79 Å². The van der Waals surface area contributed by atoms with Crippen LogP contribution in [0, 0.1) is 5.82 Å². The van der Waals surface area contributed by atoms with Gasteiger partial charge in [0.1, 0.15) is 11.4 Å². The molecule has 0 bridgehead atoms. The van der Waals surface area contributed by atoms with Crippen LogP contribution in [0.15, 0.2) is 16.6 Å². The van der Waals surface area contributed by atoms with Crippen molar-refractivity contribution in [2.24, 2.45) is 0 Å². The first-order chi connectivity index (χ1) is 7.96. The van der Waals surface area contributed by atoms with Gasteiger partial charge < -0.3 is 0 Å². The summed E-state index contributed by atoms with van der Waals surface area (Å²) in [6.07, 6.45) is -10.7. The van der Waals surface area contributed by atoms with Gasteiger partial charge in [0, 0.05) is 4.47 Å².